The number of benzene rings is 1. The topological polar surface area (TPSA) is 20.3 Å². The van der Waals surface area contributed by atoms with Crippen LogP contribution in [0.3, 0.4) is 0 Å². The molecule has 0 bridgehead atoms. The predicted molar refractivity (Wildman–Crippen MR) is 67.1 cm³/mol. The third-order valence-electron chi connectivity index (χ3n) is 2.73. The quantitative estimate of drug-likeness (QED) is 0.694. The number of carbonyl (C=O) groups excluding carboxylic acids is 1. The van der Waals surface area contributed by atoms with E-state index in [4.69, 9.17) is 0 Å². The van der Waals surface area contributed by atoms with E-state index in [0.29, 0.717) is 0 Å². The zero-order chi connectivity index (χ0) is 12.0. The molecule has 86 valence electrons. The first-order chi connectivity index (χ1) is 7.66. The summed E-state index contributed by atoms with van der Waals surface area (Å²) < 4.78 is 0. The summed E-state index contributed by atoms with van der Waals surface area (Å²) in [6, 6.07) is 10.2. The molecule has 1 aromatic rings. The number of hydrogen-bond donors (Lipinski definition) is 0. The lowest BCUT2D eigenvalue weighted by Gasteiger charge is -2.28. The van der Waals surface area contributed by atoms with E-state index in [1.165, 1.54) is 5.56 Å². The van der Waals surface area contributed by atoms with Crippen molar-refractivity contribution in [3.8, 4) is 0 Å². The van der Waals surface area contributed by atoms with Crippen LogP contribution in [0, 0.1) is 0 Å². The predicted octanol–water partition coefficient (Wildman–Crippen LogP) is 3.17. The van der Waals surface area contributed by atoms with Gasteiger partial charge in [0.1, 0.15) is 0 Å². The fourth-order valence-corrected chi connectivity index (χ4v) is 1.77. The van der Waals surface area contributed by atoms with E-state index in [1.807, 2.05) is 29.2 Å². The third kappa shape index (κ3) is 3.23. The van der Waals surface area contributed by atoms with Gasteiger partial charge in [-0.2, -0.15) is 0 Å². The lowest BCUT2D eigenvalue weighted by atomic mass is 10.1. The molecule has 0 N–H and O–H groups in total. The van der Waals surface area contributed by atoms with Crippen LogP contribution in [-0.2, 0) is 4.79 Å². The van der Waals surface area contributed by atoms with Gasteiger partial charge >= 0.3 is 0 Å². The molecule has 0 aliphatic carbocycles. The van der Waals surface area contributed by atoms with E-state index in [1.54, 1.807) is 6.92 Å². The van der Waals surface area contributed by atoms with Crippen LogP contribution in [0.15, 0.2) is 43.0 Å². The molecule has 0 radical (unpaired) electrons. The number of amides is 1. The van der Waals surface area contributed by atoms with Gasteiger partial charge in [0.25, 0.3) is 0 Å². The van der Waals surface area contributed by atoms with Gasteiger partial charge in [-0.05, 0) is 18.9 Å². The Hall–Kier alpha value is -1.57. The maximum Gasteiger partial charge on any atom is 0.219 e. The standard InChI is InChI=1S/C14H19NO/c1-4-5-11-15(13(3)16)12(2)14-9-7-6-8-10-14/h4,6-10,12H,1,5,11H2,2-3H3/t12-/m0/s1. The molecular weight excluding hydrogens is 198 g/mol. The molecule has 0 heterocycles. The first-order valence-corrected chi connectivity index (χ1v) is 5.60. The van der Waals surface area contributed by atoms with Crippen molar-refractivity contribution in [1.82, 2.24) is 4.90 Å². The lowest BCUT2D eigenvalue weighted by Crippen LogP contribution is -2.32. The van der Waals surface area contributed by atoms with Crippen molar-refractivity contribution < 1.29 is 4.79 Å². The molecule has 1 atom stereocenters. The van der Waals surface area contributed by atoms with Gasteiger partial charge in [0.15, 0.2) is 0 Å². The van der Waals surface area contributed by atoms with Crippen LogP contribution in [0.25, 0.3) is 0 Å². The minimum Gasteiger partial charge on any atom is -0.336 e. The average Bonchev–Trinajstić information content (AvgIpc) is 2.30. The Labute approximate surface area is 97.6 Å². The van der Waals surface area contributed by atoms with Gasteiger partial charge in [0.05, 0.1) is 6.04 Å². The summed E-state index contributed by atoms with van der Waals surface area (Å²) in [6.07, 6.45) is 2.67. The maximum absolute atomic E-state index is 11.6. The third-order valence-corrected chi connectivity index (χ3v) is 2.73. The first kappa shape index (κ1) is 12.5. The van der Waals surface area contributed by atoms with Crippen molar-refractivity contribution in [2.75, 3.05) is 6.54 Å². The zero-order valence-electron chi connectivity index (χ0n) is 10.0. The Morgan fingerprint density at radius 2 is 2.06 bits per heavy atom. The van der Waals surface area contributed by atoms with Gasteiger partial charge in [-0.15, -0.1) is 6.58 Å². The van der Waals surface area contributed by atoms with Crippen LogP contribution in [0.5, 0.6) is 0 Å². The monoisotopic (exact) mass is 217 g/mol. The Bertz CT molecular complexity index is 345. The Morgan fingerprint density at radius 1 is 1.44 bits per heavy atom. The normalized spacial score (nSPS) is 11.9. The number of rotatable bonds is 5. The molecule has 0 spiro atoms. The molecule has 2 nitrogen and oxygen atoms in total. The summed E-state index contributed by atoms with van der Waals surface area (Å²) in [4.78, 5) is 13.4. The van der Waals surface area contributed by atoms with E-state index in [-0.39, 0.29) is 11.9 Å². The van der Waals surface area contributed by atoms with E-state index in [2.05, 4.69) is 25.6 Å². The molecule has 2 heteroatoms. The van der Waals surface area contributed by atoms with Gasteiger partial charge < -0.3 is 4.90 Å². The minimum atomic E-state index is 0.109. The SMILES string of the molecule is C=CCCN(C(C)=O)[C@@H](C)c1ccccc1. The van der Waals surface area contributed by atoms with Crippen molar-refractivity contribution in [3.63, 3.8) is 0 Å². The van der Waals surface area contributed by atoms with Crippen molar-refractivity contribution in [3.05, 3.63) is 48.6 Å². The highest BCUT2D eigenvalue weighted by molar-refractivity contribution is 5.73. The van der Waals surface area contributed by atoms with Crippen LogP contribution >= 0.6 is 0 Å². The average molecular weight is 217 g/mol. The van der Waals surface area contributed by atoms with E-state index in [9.17, 15) is 4.79 Å². The molecule has 1 aromatic carbocycles. The van der Waals surface area contributed by atoms with Crippen molar-refractivity contribution in [2.45, 2.75) is 26.3 Å². The van der Waals surface area contributed by atoms with Crippen molar-refractivity contribution >= 4 is 5.91 Å². The van der Waals surface area contributed by atoms with Crippen LogP contribution < -0.4 is 0 Å². The molecule has 1 rings (SSSR count). The smallest absolute Gasteiger partial charge is 0.219 e. The second-order valence-electron chi connectivity index (χ2n) is 3.88. The van der Waals surface area contributed by atoms with Crippen LogP contribution in [0.1, 0.15) is 31.9 Å². The number of hydrogen-bond acceptors (Lipinski definition) is 1. The van der Waals surface area contributed by atoms with E-state index >= 15 is 0 Å². The Kier molecular flexibility index (Phi) is 4.77. The van der Waals surface area contributed by atoms with Crippen molar-refractivity contribution in [1.29, 1.82) is 0 Å². The first-order valence-electron chi connectivity index (χ1n) is 5.60. The number of carbonyl (C=O) groups is 1. The molecule has 0 aromatic heterocycles. The Balaban J connectivity index is 2.78. The summed E-state index contributed by atoms with van der Waals surface area (Å²) in [5.41, 5.74) is 1.17. The molecule has 0 saturated heterocycles. The molecule has 0 fully saturated rings. The molecule has 16 heavy (non-hydrogen) atoms. The molecule has 0 unspecified atom stereocenters. The molecule has 0 saturated carbocycles. The molecular formula is C14H19NO. The second-order valence-corrected chi connectivity index (χ2v) is 3.88. The minimum absolute atomic E-state index is 0.109. The van der Waals surface area contributed by atoms with Gasteiger partial charge in [0, 0.05) is 13.5 Å². The summed E-state index contributed by atoms with van der Waals surface area (Å²) in [7, 11) is 0. The van der Waals surface area contributed by atoms with Crippen LogP contribution in [-0.4, -0.2) is 17.4 Å². The molecule has 1 amide bonds. The van der Waals surface area contributed by atoms with E-state index < -0.39 is 0 Å². The van der Waals surface area contributed by atoms with Gasteiger partial charge in [-0.1, -0.05) is 36.4 Å². The molecule has 0 aliphatic heterocycles. The second kappa shape index (κ2) is 6.11. The lowest BCUT2D eigenvalue weighted by molar-refractivity contribution is -0.130. The highest BCUT2D eigenvalue weighted by atomic mass is 16.2. The fourth-order valence-electron chi connectivity index (χ4n) is 1.77. The number of nitrogens with zero attached hydrogens (tertiary/aromatic N) is 1. The highest BCUT2D eigenvalue weighted by Gasteiger charge is 2.16. The fraction of sp³-hybridized carbons (Fsp3) is 0.357. The maximum atomic E-state index is 11.6. The van der Waals surface area contributed by atoms with Crippen molar-refractivity contribution in [2.24, 2.45) is 0 Å². The summed E-state index contributed by atoms with van der Waals surface area (Å²) >= 11 is 0. The Morgan fingerprint density at radius 3 is 2.56 bits per heavy atom. The largest absolute Gasteiger partial charge is 0.336 e. The van der Waals surface area contributed by atoms with Gasteiger partial charge in [-0.3, -0.25) is 4.79 Å². The van der Waals surface area contributed by atoms with Gasteiger partial charge in [0.2, 0.25) is 5.91 Å². The van der Waals surface area contributed by atoms with E-state index in [0.717, 1.165) is 13.0 Å². The van der Waals surface area contributed by atoms with Crippen LogP contribution in [0.2, 0.25) is 0 Å². The van der Waals surface area contributed by atoms with Gasteiger partial charge in [-0.25, -0.2) is 0 Å². The highest BCUT2D eigenvalue weighted by Crippen LogP contribution is 2.20. The zero-order valence-corrected chi connectivity index (χ0v) is 10.0. The summed E-state index contributed by atoms with van der Waals surface area (Å²) in [5.74, 6) is 0.109. The summed E-state index contributed by atoms with van der Waals surface area (Å²) in [6.45, 7) is 8.09. The molecule has 0 aliphatic rings. The summed E-state index contributed by atoms with van der Waals surface area (Å²) in [5, 5.41) is 0. The van der Waals surface area contributed by atoms with Crippen LogP contribution in [0.4, 0.5) is 0 Å².